The van der Waals surface area contributed by atoms with E-state index in [0.717, 1.165) is 31.6 Å². The van der Waals surface area contributed by atoms with Gasteiger partial charge in [0.2, 0.25) is 10.0 Å². The quantitative estimate of drug-likeness (QED) is 0.423. The molecule has 2 unspecified atom stereocenters. The molecule has 12 heteroatoms. The molecule has 0 spiro atoms. The number of amides is 2. The molecule has 0 bridgehead atoms. The molecule has 6 rings (SSSR count). The van der Waals surface area contributed by atoms with E-state index in [4.69, 9.17) is 5.14 Å². The SMILES string of the molecule is Cc1ncnc(C)c1C(=O)N1CC2CN(CCC3(c4cccc(F)c4)CCN(C(=O)c4cccc(S(N)(=O)=O)c4)CC3)CC2C1. The summed E-state index contributed by atoms with van der Waals surface area (Å²) in [6.45, 7) is 8.72. The maximum atomic E-state index is 14.4. The van der Waals surface area contributed by atoms with Gasteiger partial charge < -0.3 is 14.7 Å². The van der Waals surface area contributed by atoms with E-state index in [0.29, 0.717) is 67.8 Å². The number of nitrogens with zero attached hydrogens (tertiary/aromatic N) is 5. The summed E-state index contributed by atoms with van der Waals surface area (Å²) in [6.07, 6.45) is 3.64. The maximum absolute atomic E-state index is 14.4. The predicted molar refractivity (Wildman–Crippen MR) is 166 cm³/mol. The molecule has 238 valence electrons. The molecule has 3 saturated heterocycles. The van der Waals surface area contributed by atoms with Gasteiger partial charge in [0.15, 0.2) is 0 Å². The first-order valence-corrected chi connectivity index (χ1v) is 17.0. The molecule has 0 radical (unpaired) electrons. The van der Waals surface area contributed by atoms with Gasteiger partial charge in [-0.25, -0.2) is 27.9 Å². The van der Waals surface area contributed by atoms with Gasteiger partial charge in [-0.05, 0) is 92.8 Å². The van der Waals surface area contributed by atoms with Gasteiger partial charge >= 0.3 is 0 Å². The lowest BCUT2D eigenvalue weighted by Crippen LogP contribution is -2.46. The highest BCUT2D eigenvalue weighted by Gasteiger charge is 2.44. The zero-order valence-electron chi connectivity index (χ0n) is 25.7. The van der Waals surface area contributed by atoms with Crippen molar-refractivity contribution in [1.29, 1.82) is 0 Å². The van der Waals surface area contributed by atoms with Crippen LogP contribution >= 0.6 is 0 Å². The van der Waals surface area contributed by atoms with E-state index >= 15 is 0 Å². The van der Waals surface area contributed by atoms with Crippen LogP contribution in [-0.4, -0.2) is 90.7 Å². The van der Waals surface area contributed by atoms with E-state index in [-0.39, 0.29) is 33.5 Å². The fraction of sp³-hybridized carbons (Fsp3) is 0.455. The number of nitrogens with two attached hydrogens (primary N) is 1. The Morgan fingerprint density at radius 2 is 1.56 bits per heavy atom. The van der Waals surface area contributed by atoms with Crippen molar-refractivity contribution in [3.05, 3.63) is 88.8 Å². The second kappa shape index (κ2) is 12.2. The molecule has 3 aliphatic rings. The summed E-state index contributed by atoms with van der Waals surface area (Å²) in [7, 11) is -3.93. The molecule has 2 aromatic carbocycles. The summed E-state index contributed by atoms with van der Waals surface area (Å²) in [4.78, 5) is 41.2. The fourth-order valence-corrected chi connectivity index (χ4v) is 8.06. The molecule has 3 aliphatic heterocycles. The van der Waals surface area contributed by atoms with Crippen LogP contribution in [0.15, 0.2) is 59.8 Å². The van der Waals surface area contributed by atoms with Crippen LogP contribution in [0.1, 0.15) is 56.9 Å². The van der Waals surface area contributed by atoms with Crippen LogP contribution in [0, 0.1) is 31.5 Å². The second-order valence-corrected chi connectivity index (χ2v) is 14.4. The van der Waals surface area contributed by atoms with Crippen molar-refractivity contribution in [2.75, 3.05) is 45.8 Å². The lowest BCUT2D eigenvalue weighted by atomic mass is 9.70. The Bertz CT molecular complexity index is 1690. The number of hydrogen-bond donors (Lipinski definition) is 1. The molecular formula is C33H39FN6O4S. The molecule has 45 heavy (non-hydrogen) atoms. The van der Waals surface area contributed by atoms with E-state index in [9.17, 15) is 22.4 Å². The van der Waals surface area contributed by atoms with Gasteiger partial charge in [0.05, 0.1) is 21.8 Å². The number of likely N-dealkylation sites (tertiary alicyclic amines) is 3. The van der Waals surface area contributed by atoms with Gasteiger partial charge in [-0.15, -0.1) is 0 Å². The van der Waals surface area contributed by atoms with E-state index in [2.05, 4.69) is 14.9 Å². The van der Waals surface area contributed by atoms with E-state index in [1.165, 1.54) is 30.6 Å². The van der Waals surface area contributed by atoms with Crippen molar-refractivity contribution >= 4 is 21.8 Å². The van der Waals surface area contributed by atoms with Crippen molar-refractivity contribution in [2.45, 2.75) is 43.4 Å². The minimum absolute atomic E-state index is 0.00860. The molecule has 2 N–H and O–H groups in total. The molecule has 1 aromatic heterocycles. The highest BCUT2D eigenvalue weighted by Crippen LogP contribution is 2.41. The van der Waals surface area contributed by atoms with E-state index in [1.54, 1.807) is 23.1 Å². The molecule has 3 fully saturated rings. The molecular weight excluding hydrogens is 595 g/mol. The van der Waals surface area contributed by atoms with Gasteiger partial charge in [0, 0.05) is 44.8 Å². The maximum Gasteiger partial charge on any atom is 0.257 e. The monoisotopic (exact) mass is 634 g/mol. The smallest absolute Gasteiger partial charge is 0.257 e. The number of halogens is 1. The number of primary sulfonamides is 1. The number of hydrogen-bond acceptors (Lipinski definition) is 7. The first-order chi connectivity index (χ1) is 21.4. The molecule has 10 nitrogen and oxygen atoms in total. The number of carbonyl (C=O) groups excluding carboxylic acids is 2. The van der Waals surface area contributed by atoms with E-state index < -0.39 is 10.0 Å². The molecule has 0 saturated carbocycles. The summed E-state index contributed by atoms with van der Waals surface area (Å²) in [5.74, 6) is 0.287. The van der Waals surface area contributed by atoms with Gasteiger partial charge in [0.1, 0.15) is 12.1 Å². The van der Waals surface area contributed by atoms with Crippen LogP contribution in [0.25, 0.3) is 0 Å². The summed E-state index contributed by atoms with van der Waals surface area (Å²) >= 11 is 0. The third kappa shape index (κ3) is 6.36. The number of rotatable bonds is 7. The lowest BCUT2D eigenvalue weighted by molar-refractivity contribution is 0.0649. The highest BCUT2D eigenvalue weighted by molar-refractivity contribution is 7.89. The van der Waals surface area contributed by atoms with Crippen LogP contribution in [0.2, 0.25) is 0 Å². The number of piperidine rings is 1. The molecule has 4 heterocycles. The molecule has 2 amide bonds. The van der Waals surface area contributed by atoms with Gasteiger partial charge in [-0.1, -0.05) is 18.2 Å². The number of sulfonamides is 1. The van der Waals surface area contributed by atoms with Gasteiger partial charge in [-0.3, -0.25) is 9.59 Å². The number of fused-ring (bicyclic) bond motifs is 1. The summed E-state index contributed by atoms with van der Waals surface area (Å²) in [5.41, 5.74) is 2.94. The Hall–Kier alpha value is -3.74. The summed E-state index contributed by atoms with van der Waals surface area (Å²) in [5, 5.41) is 5.28. The third-order valence-electron chi connectivity index (χ3n) is 10.1. The van der Waals surface area contributed by atoms with Crippen LogP contribution < -0.4 is 5.14 Å². The molecule has 0 aliphatic carbocycles. The van der Waals surface area contributed by atoms with Crippen molar-refractivity contribution < 1.29 is 22.4 Å². The Morgan fingerprint density at radius 1 is 0.911 bits per heavy atom. The Labute approximate surface area is 263 Å². The topological polar surface area (TPSA) is 130 Å². The first kappa shape index (κ1) is 31.3. The first-order valence-electron chi connectivity index (χ1n) is 15.4. The van der Waals surface area contributed by atoms with E-state index in [1.807, 2.05) is 24.8 Å². The normalized spacial score (nSPS) is 21.6. The number of aryl methyl sites for hydroxylation is 2. The average molecular weight is 635 g/mol. The zero-order valence-corrected chi connectivity index (χ0v) is 26.5. The van der Waals surface area contributed by atoms with Crippen LogP contribution in [0.5, 0.6) is 0 Å². The Balaban J connectivity index is 1.11. The number of benzene rings is 2. The minimum atomic E-state index is -3.93. The third-order valence-corrected chi connectivity index (χ3v) is 11.0. The average Bonchev–Trinajstić information content (AvgIpc) is 3.59. The minimum Gasteiger partial charge on any atom is -0.339 e. The van der Waals surface area contributed by atoms with Crippen molar-refractivity contribution in [3.8, 4) is 0 Å². The standard InChI is InChI=1S/C33H39FN6O4S/c1-22-30(23(2)37-21-36-22)32(42)40-19-25-17-38(18-26(25)20-40)12-9-33(27-6-4-7-28(34)16-27)10-13-39(14-11-33)31(41)24-5-3-8-29(15-24)45(35,43)44/h3-8,15-16,21,25-26H,9-14,17-20H2,1-2H3,(H2,35,43,44). The van der Waals surface area contributed by atoms with Crippen LogP contribution in [0.3, 0.4) is 0 Å². The van der Waals surface area contributed by atoms with Crippen molar-refractivity contribution in [3.63, 3.8) is 0 Å². The number of carbonyl (C=O) groups is 2. The summed E-state index contributed by atoms with van der Waals surface area (Å²) < 4.78 is 38.1. The molecule has 3 aromatic rings. The van der Waals surface area contributed by atoms with Crippen molar-refractivity contribution in [2.24, 2.45) is 17.0 Å². The molecule has 2 atom stereocenters. The number of aromatic nitrogens is 2. The van der Waals surface area contributed by atoms with Crippen LogP contribution in [-0.2, 0) is 15.4 Å². The van der Waals surface area contributed by atoms with Gasteiger partial charge in [0.25, 0.3) is 11.8 Å². The Morgan fingerprint density at radius 3 is 2.18 bits per heavy atom. The zero-order chi connectivity index (χ0) is 31.9. The predicted octanol–water partition coefficient (Wildman–Crippen LogP) is 3.15. The second-order valence-electron chi connectivity index (χ2n) is 12.8. The fourth-order valence-electron chi connectivity index (χ4n) is 7.50. The van der Waals surface area contributed by atoms with Gasteiger partial charge in [-0.2, -0.15) is 0 Å². The van der Waals surface area contributed by atoms with Crippen LogP contribution in [0.4, 0.5) is 4.39 Å². The largest absolute Gasteiger partial charge is 0.339 e. The lowest BCUT2D eigenvalue weighted by Gasteiger charge is -2.43. The highest BCUT2D eigenvalue weighted by atomic mass is 32.2. The summed E-state index contributed by atoms with van der Waals surface area (Å²) in [6, 6.07) is 12.6. The van der Waals surface area contributed by atoms with Crippen molar-refractivity contribution in [1.82, 2.24) is 24.7 Å². The Kier molecular flexibility index (Phi) is 8.49.